The number of amides is 1. The highest BCUT2D eigenvalue weighted by Crippen LogP contribution is 2.26. The van der Waals surface area contributed by atoms with Gasteiger partial charge >= 0.3 is 0 Å². The minimum atomic E-state index is -0.163. The Hall–Kier alpha value is -1.66. The zero-order valence-corrected chi connectivity index (χ0v) is 11.0. The van der Waals surface area contributed by atoms with Crippen molar-refractivity contribution in [2.45, 2.75) is 12.6 Å². The van der Waals surface area contributed by atoms with Crippen molar-refractivity contribution in [1.82, 2.24) is 15.6 Å². The average Bonchev–Trinajstić information content (AvgIpc) is 2.65. The summed E-state index contributed by atoms with van der Waals surface area (Å²) in [6.07, 6.45) is 0. The first kappa shape index (κ1) is 12.4. The number of hydrogen-bond acceptors (Lipinski definition) is 5. The number of nitrogens with one attached hydrogen (secondary N) is 2. The fraction of sp³-hybridized carbons (Fsp3) is 0.538. The molecule has 6 heteroatoms. The Kier molecular flexibility index (Phi) is 3.35. The largest absolute Gasteiger partial charge is 0.373 e. The van der Waals surface area contributed by atoms with E-state index in [0.717, 1.165) is 31.0 Å². The van der Waals surface area contributed by atoms with Crippen LogP contribution in [0.2, 0.25) is 0 Å². The molecule has 19 heavy (non-hydrogen) atoms. The lowest BCUT2D eigenvalue weighted by Gasteiger charge is -2.36. The minimum absolute atomic E-state index is 0.163. The van der Waals surface area contributed by atoms with Gasteiger partial charge in [-0.25, -0.2) is 4.98 Å². The molecule has 0 aromatic carbocycles. The second-order valence-corrected chi connectivity index (χ2v) is 4.81. The third-order valence-electron chi connectivity index (χ3n) is 3.62. The van der Waals surface area contributed by atoms with Crippen LogP contribution in [-0.4, -0.2) is 50.2 Å². The predicted molar refractivity (Wildman–Crippen MR) is 71.3 cm³/mol. The van der Waals surface area contributed by atoms with Crippen LogP contribution in [0.25, 0.3) is 0 Å². The Bertz CT molecular complexity index is 492. The molecule has 1 saturated heterocycles. The molecule has 1 aromatic rings. The van der Waals surface area contributed by atoms with Gasteiger partial charge in [0, 0.05) is 26.7 Å². The van der Waals surface area contributed by atoms with Gasteiger partial charge in [0.15, 0.2) is 0 Å². The van der Waals surface area contributed by atoms with Crippen LogP contribution in [0.3, 0.4) is 0 Å². The number of ether oxygens (including phenoxy) is 1. The maximum atomic E-state index is 11.6. The molecule has 1 atom stereocenters. The van der Waals surface area contributed by atoms with E-state index in [1.54, 1.807) is 13.1 Å². The van der Waals surface area contributed by atoms with E-state index in [1.165, 1.54) is 0 Å². The average molecular weight is 262 g/mol. The maximum absolute atomic E-state index is 11.6. The van der Waals surface area contributed by atoms with Crippen LogP contribution >= 0.6 is 0 Å². The molecule has 0 bridgehead atoms. The van der Waals surface area contributed by atoms with Crippen molar-refractivity contribution in [2.75, 3.05) is 38.2 Å². The summed E-state index contributed by atoms with van der Waals surface area (Å²) in [4.78, 5) is 18.4. The van der Waals surface area contributed by atoms with Crippen molar-refractivity contribution in [3.8, 4) is 0 Å². The highest BCUT2D eigenvalue weighted by atomic mass is 16.5. The smallest absolute Gasteiger partial charge is 0.269 e. The number of carbonyl (C=O) groups excluding carboxylic acids is 1. The number of fused-ring (bicyclic) bond motifs is 3. The Morgan fingerprint density at radius 1 is 1.58 bits per heavy atom. The molecular weight excluding hydrogens is 244 g/mol. The monoisotopic (exact) mass is 262 g/mol. The van der Waals surface area contributed by atoms with Gasteiger partial charge in [0.1, 0.15) is 5.69 Å². The number of rotatable bonds is 1. The zero-order valence-electron chi connectivity index (χ0n) is 11.0. The number of anilines is 1. The standard InChI is InChI=1S/C13H18N4O2/c1-14-13(18)10-2-3-12-11(16-10)8-19-7-9-6-15-4-5-17(9)12/h2-3,9,15H,4-8H2,1H3,(H,14,18). The molecule has 2 N–H and O–H groups in total. The number of nitrogens with zero attached hydrogens (tertiary/aromatic N) is 2. The predicted octanol–water partition coefficient (Wildman–Crippen LogP) is -0.250. The molecule has 1 unspecified atom stereocenters. The van der Waals surface area contributed by atoms with Crippen LogP contribution < -0.4 is 15.5 Å². The molecule has 0 aliphatic carbocycles. The zero-order chi connectivity index (χ0) is 13.2. The molecule has 3 rings (SSSR count). The van der Waals surface area contributed by atoms with Crippen molar-refractivity contribution in [2.24, 2.45) is 0 Å². The fourth-order valence-electron chi connectivity index (χ4n) is 2.63. The molecule has 1 amide bonds. The Labute approximate surface area is 112 Å². The number of piperazine rings is 1. The minimum Gasteiger partial charge on any atom is -0.373 e. The molecule has 102 valence electrons. The summed E-state index contributed by atoms with van der Waals surface area (Å²) in [5.74, 6) is -0.163. The van der Waals surface area contributed by atoms with Gasteiger partial charge in [0.25, 0.3) is 5.91 Å². The molecule has 0 radical (unpaired) electrons. The van der Waals surface area contributed by atoms with Crippen molar-refractivity contribution >= 4 is 11.6 Å². The third-order valence-corrected chi connectivity index (χ3v) is 3.62. The van der Waals surface area contributed by atoms with Crippen molar-refractivity contribution in [3.63, 3.8) is 0 Å². The molecule has 6 nitrogen and oxygen atoms in total. The van der Waals surface area contributed by atoms with E-state index >= 15 is 0 Å². The van der Waals surface area contributed by atoms with Gasteiger partial charge in [-0.05, 0) is 12.1 Å². The first-order chi connectivity index (χ1) is 9.29. The van der Waals surface area contributed by atoms with E-state index in [0.29, 0.717) is 24.9 Å². The quantitative estimate of drug-likeness (QED) is 0.730. The molecule has 0 spiro atoms. The lowest BCUT2D eigenvalue weighted by molar-refractivity contribution is 0.0954. The first-order valence-corrected chi connectivity index (χ1v) is 6.56. The van der Waals surface area contributed by atoms with Crippen molar-refractivity contribution < 1.29 is 9.53 Å². The van der Waals surface area contributed by atoms with E-state index in [2.05, 4.69) is 20.5 Å². The van der Waals surface area contributed by atoms with Crippen LogP contribution in [0.4, 0.5) is 5.69 Å². The summed E-state index contributed by atoms with van der Waals surface area (Å²) in [7, 11) is 1.61. The number of hydrogen-bond donors (Lipinski definition) is 2. The van der Waals surface area contributed by atoms with Crippen molar-refractivity contribution in [3.05, 3.63) is 23.5 Å². The maximum Gasteiger partial charge on any atom is 0.269 e. The Morgan fingerprint density at radius 3 is 3.32 bits per heavy atom. The highest BCUT2D eigenvalue weighted by Gasteiger charge is 2.28. The summed E-state index contributed by atoms with van der Waals surface area (Å²) >= 11 is 0. The van der Waals surface area contributed by atoms with Gasteiger partial charge in [0.2, 0.25) is 0 Å². The van der Waals surface area contributed by atoms with Crippen LogP contribution in [0.5, 0.6) is 0 Å². The van der Waals surface area contributed by atoms with Gasteiger partial charge in [-0.3, -0.25) is 4.79 Å². The van der Waals surface area contributed by atoms with Crippen LogP contribution in [0.1, 0.15) is 16.2 Å². The second kappa shape index (κ2) is 5.14. The van der Waals surface area contributed by atoms with Crippen LogP contribution in [0.15, 0.2) is 12.1 Å². The lowest BCUT2D eigenvalue weighted by Crippen LogP contribution is -2.53. The van der Waals surface area contributed by atoms with E-state index in [1.807, 2.05) is 6.07 Å². The molecular formula is C13H18N4O2. The van der Waals surface area contributed by atoms with Crippen LogP contribution in [0, 0.1) is 0 Å². The second-order valence-electron chi connectivity index (χ2n) is 4.81. The lowest BCUT2D eigenvalue weighted by atomic mass is 10.1. The molecule has 0 saturated carbocycles. The normalized spacial score (nSPS) is 22.2. The fourth-order valence-corrected chi connectivity index (χ4v) is 2.63. The SMILES string of the molecule is CNC(=O)c1ccc2c(n1)COCC1CNCCN21. The van der Waals surface area contributed by atoms with Gasteiger partial charge in [-0.1, -0.05) is 0 Å². The van der Waals surface area contributed by atoms with Crippen molar-refractivity contribution in [1.29, 1.82) is 0 Å². The number of aromatic nitrogens is 1. The molecule has 2 aliphatic rings. The van der Waals surface area contributed by atoms with E-state index in [9.17, 15) is 4.79 Å². The summed E-state index contributed by atoms with van der Waals surface area (Å²) in [5.41, 5.74) is 2.39. The highest BCUT2D eigenvalue weighted by molar-refractivity contribution is 5.92. The molecule has 3 heterocycles. The molecule has 1 fully saturated rings. The van der Waals surface area contributed by atoms with Gasteiger partial charge in [-0.2, -0.15) is 0 Å². The summed E-state index contributed by atoms with van der Waals surface area (Å²) in [6.45, 7) is 4.00. The van der Waals surface area contributed by atoms with Crippen LogP contribution in [-0.2, 0) is 11.3 Å². The number of pyridine rings is 1. The Balaban J connectivity index is 1.96. The van der Waals surface area contributed by atoms with E-state index in [4.69, 9.17) is 4.74 Å². The molecule has 1 aromatic heterocycles. The number of carbonyl (C=O) groups is 1. The summed E-state index contributed by atoms with van der Waals surface area (Å²) < 4.78 is 5.68. The first-order valence-electron chi connectivity index (χ1n) is 6.56. The summed E-state index contributed by atoms with van der Waals surface area (Å²) in [6, 6.07) is 4.12. The van der Waals surface area contributed by atoms with Gasteiger partial charge in [-0.15, -0.1) is 0 Å². The van der Waals surface area contributed by atoms with E-state index < -0.39 is 0 Å². The third kappa shape index (κ3) is 2.29. The Morgan fingerprint density at radius 2 is 2.47 bits per heavy atom. The van der Waals surface area contributed by atoms with Gasteiger partial charge < -0.3 is 20.3 Å². The topological polar surface area (TPSA) is 66.5 Å². The van der Waals surface area contributed by atoms with E-state index in [-0.39, 0.29) is 5.91 Å². The summed E-state index contributed by atoms with van der Waals surface area (Å²) in [5, 5.41) is 5.97. The van der Waals surface area contributed by atoms with Gasteiger partial charge in [0.05, 0.1) is 30.6 Å². The molecule has 2 aliphatic heterocycles.